The van der Waals surface area contributed by atoms with Crippen LogP contribution in [0, 0.1) is 11.6 Å². The van der Waals surface area contributed by atoms with Crippen molar-refractivity contribution in [1.82, 2.24) is 0 Å². The van der Waals surface area contributed by atoms with E-state index in [-0.39, 0.29) is 5.56 Å². The van der Waals surface area contributed by atoms with E-state index >= 15 is 0 Å². The summed E-state index contributed by atoms with van der Waals surface area (Å²) in [5.74, 6) is -2.15. The third kappa shape index (κ3) is 3.14. The van der Waals surface area contributed by atoms with Crippen LogP contribution in [0.5, 0.6) is 5.75 Å². The number of ether oxygens (including phenoxy) is 1. The van der Waals surface area contributed by atoms with Crippen LogP contribution in [-0.4, -0.2) is 5.97 Å². The van der Waals surface area contributed by atoms with E-state index in [9.17, 15) is 13.6 Å². The Hall–Kier alpha value is -2.27. The highest BCUT2D eigenvalue weighted by atomic mass is 79.9. The van der Waals surface area contributed by atoms with Crippen LogP contribution in [0.4, 0.5) is 8.78 Å². The fraction of sp³-hybridized carbons (Fsp3) is 0. The maximum atomic E-state index is 13.1. The third-order valence-electron chi connectivity index (χ3n) is 3.08. The number of esters is 1. The summed E-state index contributed by atoms with van der Waals surface area (Å²) in [6, 6.07) is 13.4. The van der Waals surface area contributed by atoms with Crippen molar-refractivity contribution in [1.29, 1.82) is 0 Å². The van der Waals surface area contributed by atoms with Gasteiger partial charge in [0.05, 0.1) is 5.56 Å². The molecule has 0 N–H and O–H groups in total. The molecule has 0 aromatic heterocycles. The molecule has 0 fully saturated rings. The zero-order valence-electron chi connectivity index (χ0n) is 11.1. The fourth-order valence-electron chi connectivity index (χ4n) is 2.10. The molecule has 5 heteroatoms. The van der Waals surface area contributed by atoms with Gasteiger partial charge < -0.3 is 4.74 Å². The average Bonchev–Trinajstić information content (AvgIpc) is 2.46. The van der Waals surface area contributed by atoms with Crippen LogP contribution in [-0.2, 0) is 0 Å². The molecular weight excluding hydrogens is 354 g/mol. The maximum absolute atomic E-state index is 13.1. The third-order valence-corrected chi connectivity index (χ3v) is 3.58. The van der Waals surface area contributed by atoms with Crippen molar-refractivity contribution in [3.8, 4) is 5.75 Å². The molecule has 0 amide bonds. The van der Waals surface area contributed by atoms with Crippen molar-refractivity contribution in [2.24, 2.45) is 0 Å². The molecule has 0 saturated heterocycles. The monoisotopic (exact) mass is 362 g/mol. The predicted molar refractivity (Wildman–Crippen MR) is 83.0 cm³/mol. The lowest BCUT2D eigenvalue weighted by Crippen LogP contribution is -2.09. The Bertz CT molecular complexity index is 857. The number of rotatable bonds is 2. The van der Waals surface area contributed by atoms with E-state index in [1.54, 1.807) is 18.2 Å². The van der Waals surface area contributed by atoms with Gasteiger partial charge >= 0.3 is 5.97 Å². The van der Waals surface area contributed by atoms with Gasteiger partial charge in [-0.2, -0.15) is 0 Å². The van der Waals surface area contributed by atoms with Crippen LogP contribution in [0.15, 0.2) is 59.1 Å². The molecule has 2 nitrogen and oxygen atoms in total. The predicted octanol–water partition coefficient (Wildman–Crippen LogP) is 5.10. The first kappa shape index (κ1) is 14.7. The Labute approximate surface area is 133 Å². The smallest absolute Gasteiger partial charge is 0.343 e. The van der Waals surface area contributed by atoms with E-state index in [4.69, 9.17) is 4.74 Å². The SMILES string of the molecule is O=C(Oc1ccc2cc(Br)ccc2c1)c1cc(F)cc(F)c1. The van der Waals surface area contributed by atoms with Gasteiger partial charge in [-0.25, -0.2) is 13.6 Å². The average molecular weight is 363 g/mol. The molecule has 0 radical (unpaired) electrons. The largest absolute Gasteiger partial charge is 0.423 e. The maximum Gasteiger partial charge on any atom is 0.343 e. The lowest BCUT2D eigenvalue weighted by molar-refractivity contribution is 0.0734. The molecule has 3 rings (SSSR count). The number of hydrogen-bond donors (Lipinski definition) is 0. The highest BCUT2D eigenvalue weighted by Crippen LogP contribution is 2.24. The zero-order valence-corrected chi connectivity index (χ0v) is 12.7. The first-order valence-corrected chi connectivity index (χ1v) is 7.18. The van der Waals surface area contributed by atoms with Crippen molar-refractivity contribution >= 4 is 32.7 Å². The van der Waals surface area contributed by atoms with Gasteiger partial charge in [-0.15, -0.1) is 0 Å². The Morgan fingerprint density at radius 1 is 0.864 bits per heavy atom. The topological polar surface area (TPSA) is 26.3 Å². The van der Waals surface area contributed by atoms with E-state index in [1.807, 2.05) is 18.2 Å². The first-order chi connectivity index (χ1) is 10.5. The summed E-state index contributed by atoms with van der Waals surface area (Å²) < 4.78 is 32.4. The number of halogens is 3. The van der Waals surface area contributed by atoms with Gasteiger partial charge in [0.2, 0.25) is 0 Å². The van der Waals surface area contributed by atoms with Crippen LogP contribution < -0.4 is 4.74 Å². The van der Waals surface area contributed by atoms with Crippen LogP contribution in [0.25, 0.3) is 10.8 Å². The molecule has 0 heterocycles. The second kappa shape index (κ2) is 5.85. The van der Waals surface area contributed by atoms with Crippen molar-refractivity contribution in [3.63, 3.8) is 0 Å². The van der Waals surface area contributed by atoms with Gasteiger partial charge in [0.15, 0.2) is 0 Å². The quantitative estimate of drug-likeness (QED) is 0.468. The van der Waals surface area contributed by atoms with E-state index in [0.717, 1.165) is 27.4 Å². The van der Waals surface area contributed by atoms with E-state index in [0.29, 0.717) is 11.8 Å². The number of carbonyl (C=O) groups is 1. The molecule has 0 aliphatic carbocycles. The minimum absolute atomic E-state index is 0.173. The minimum atomic E-state index is -0.824. The Morgan fingerprint density at radius 3 is 2.23 bits per heavy atom. The fourth-order valence-corrected chi connectivity index (χ4v) is 2.47. The molecule has 0 bridgehead atoms. The molecule has 0 spiro atoms. The zero-order chi connectivity index (χ0) is 15.7. The minimum Gasteiger partial charge on any atom is -0.423 e. The van der Waals surface area contributed by atoms with Gasteiger partial charge in [-0.05, 0) is 47.2 Å². The van der Waals surface area contributed by atoms with Crippen molar-refractivity contribution < 1.29 is 18.3 Å². The molecule has 3 aromatic carbocycles. The lowest BCUT2D eigenvalue weighted by Gasteiger charge is -2.06. The molecule has 110 valence electrons. The molecule has 3 aromatic rings. The lowest BCUT2D eigenvalue weighted by atomic mass is 10.1. The molecular formula is C17H9BrF2O2. The normalized spacial score (nSPS) is 10.7. The Kier molecular flexibility index (Phi) is 3.90. The first-order valence-electron chi connectivity index (χ1n) is 6.39. The van der Waals surface area contributed by atoms with Crippen molar-refractivity contribution in [2.75, 3.05) is 0 Å². The van der Waals surface area contributed by atoms with Gasteiger partial charge in [0.25, 0.3) is 0 Å². The molecule has 0 aliphatic heterocycles. The van der Waals surface area contributed by atoms with Gasteiger partial charge in [-0.3, -0.25) is 0 Å². The molecule has 22 heavy (non-hydrogen) atoms. The standard InChI is InChI=1S/C17H9BrF2O2/c18-13-3-1-11-8-16(4-2-10(11)5-13)22-17(21)12-6-14(19)9-15(20)7-12/h1-9H. The molecule has 0 saturated carbocycles. The van der Waals surface area contributed by atoms with Crippen LogP contribution >= 0.6 is 15.9 Å². The summed E-state index contributed by atoms with van der Waals surface area (Å²) in [6.45, 7) is 0. The Morgan fingerprint density at radius 2 is 1.50 bits per heavy atom. The van der Waals surface area contributed by atoms with Crippen LogP contribution in [0.3, 0.4) is 0 Å². The van der Waals surface area contributed by atoms with Gasteiger partial charge in [-0.1, -0.05) is 28.1 Å². The second-order valence-electron chi connectivity index (χ2n) is 4.70. The van der Waals surface area contributed by atoms with E-state index in [1.165, 1.54) is 0 Å². The molecule has 0 atom stereocenters. The van der Waals surface area contributed by atoms with Crippen molar-refractivity contribution in [2.45, 2.75) is 0 Å². The highest BCUT2D eigenvalue weighted by Gasteiger charge is 2.12. The van der Waals surface area contributed by atoms with Crippen molar-refractivity contribution in [3.05, 3.63) is 76.3 Å². The van der Waals surface area contributed by atoms with Gasteiger partial charge in [0, 0.05) is 10.5 Å². The van der Waals surface area contributed by atoms with Gasteiger partial charge in [0.1, 0.15) is 17.4 Å². The Balaban J connectivity index is 1.89. The van der Waals surface area contributed by atoms with E-state index in [2.05, 4.69) is 15.9 Å². The number of carbonyl (C=O) groups excluding carboxylic acids is 1. The molecule has 0 unspecified atom stereocenters. The summed E-state index contributed by atoms with van der Waals surface area (Å²) in [4.78, 5) is 11.9. The second-order valence-corrected chi connectivity index (χ2v) is 5.62. The highest BCUT2D eigenvalue weighted by molar-refractivity contribution is 9.10. The number of hydrogen-bond acceptors (Lipinski definition) is 2. The summed E-state index contributed by atoms with van der Waals surface area (Å²) in [5.41, 5.74) is -0.173. The summed E-state index contributed by atoms with van der Waals surface area (Å²) in [7, 11) is 0. The van der Waals surface area contributed by atoms with Crippen LogP contribution in [0.1, 0.15) is 10.4 Å². The number of benzene rings is 3. The van der Waals surface area contributed by atoms with E-state index < -0.39 is 17.6 Å². The molecule has 0 aliphatic rings. The summed E-state index contributed by atoms with van der Waals surface area (Å²) >= 11 is 3.38. The summed E-state index contributed by atoms with van der Waals surface area (Å²) in [6.07, 6.45) is 0. The van der Waals surface area contributed by atoms with Crippen LogP contribution in [0.2, 0.25) is 0 Å². The summed E-state index contributed by atoms with van der Waals surface area (Å²) in [5, 5.41) is 1.87. The number of fused-ring (bicyclic) bond motifs is 1.